The van der Waals surface area contributed by atoms with Crippen LogP contribution in [0.3, 0.4) is 0 Å². The summed E-state index contributed by atoms with van der Waals surface area (Å²) in [5.41, 5.74) is -1.00. The third-order valence-corrected chi connectivity index (χ3v) is 3.50. The van der Waals surface area contributed by atoms with Gasteiger partial charge >= 0.3 is 6.18 Å². The number of aromatic nitrogens is 1. The molecule has 1 amide bonds. The van der Waals surface area contributed by atoms with E-state index in [1.165, 1.54) is 0 Å². The van der Waals surface area contributed by atoms with E-state index in [2.05, 4.69) is 10.3 Å². The molecule has 5 nitrogen and oxygen atoms in total. The van der Waals surface area contributed by atoms with Gasteiger partial charge in [-0.15, -0.1) is 0 Å². The summed E-state index contributed by atoms with van der Waals surface area (Å²) in [6.45, 7) is -0.0406. The van der Waals surface area contributed by atoms with Crippen LogP contribution < -0.4 is 14.8 Å². The highest BCUT2D eigenvalue weighted by Crippen LogP contribution is 2.33. The number of anilines is 1. The molecule has 0 unspecified atom stereocenters. The number of nitrogens with one attached hydrogen (secondary N) is 1. The molecular formula is C15H10ClF3N2O3. The van der Waals surface area contributed by atoms with Gasteiger partial charge in [0.2, 0.25) is 6.10 Å². The van der Waals surface area contributed by atoms with Gasteiger partial charge in [0.25, 0.3) is 5.91 Å². The van der Waals surface area contributed by atoms with Crippen LogP contribution in [-0.2, 0) is 11.0 Å². The largest absolute Gasteiger partial charge is 0.485 e. The average Bonchev–Trinajstić information content (AvgIpc) is 2.55. The van der Waals surface area contributed by atoms with Crippen LogP contribution in [0.15, 0.2) is 36.5 Å². The molecule has 0 radical (unpaired) electrons. The number of alkyl halides is 3. The molecule has 1 atom stereocenters. The summed E-state index contributed by atoms with van der Waals surface area (Å²) in [5.74, 6) is 0.0957. The number of ether oxygens (including phenoxy) is 2. The minimum Gasteiger partial charge on any atom is -0.485 e. The number of para-hydroxylation sites is 2. The van der Waals surface area contributed by atoms with Crippen molar-refractivity contribution in [1.82, 2.24) is 4.98 Å². The van der Waals surface area contributed by atoms with Crippen LogP contribution in [0.5, 0.6) is 11.5 Å². The predicted molar refractivity (Wildman–Crippen MR) is 79.2 cm³/mol. The molecule has 1 N–H and O–H groups in total. The lowest BCUT2D eigenvalue weighted by Crippen LogP contribution is -2.40. The highest BCUT2D eigenvalue weighted by molar-refractivity contribution is 6.33. The summed E-state index contributed by atoms with van der Waals surface area (Å²) >= 11 is 5.75. The number of fused-ring (bicyclic) bond motifs is 1. The third-order valence-electron chi connectivity index (χ3n) is 3.21. The number of nitrogens with zero attached hydrogens (tertiary/aromatic N) is 1. The van der Waals surface area contributed by atoms with Crippen molar-refractivity contribution in [2.75, 3.05) is 11.9 Å². The van der Waals surface area contributed by atoms with Gasteiger partial charge in [-0.2, -0.15) is 13.2 Å². The molecule has 0 aliphatic carbocycles. The summed E-state index contributed by atoms with van der Waals surface area (Å²) in [5, 5.41) is 2.01. The molecule has 2 aromatic rings. The Kier molecular flexibility index (Phi) is 4.23. The van der Waals surface area contributed by atoms with Crippen LogP contribution in [0.25, 0.3) is 0 Å². The fourth-order valence-corrected chi connectivity index (χ4v) is 2.24. The minimum absolute atomic E-state index is 0.0406. The van der Waals surface area contributed by atoms with Crippen molar-refractivity contribution in [3.05, 3.63) is 47.1 Å². The second kappa shape index (κ2) is 6.20. The highest BCUT2D eigenvalue weighted by atomic mass is 35.5. The maximum absolute atomic E-state index is 12.6. The molecule has 0 bridgehead atoms. The fourth-order valence-electron chi connectivity index (χ4n) is 2.03. The number of benzene rings is 1. The topological polar surface area (TPSA) is 60.5 Å². The monoisotopic (exact) mass is 358 g/mol. The SMILES string of the molecule is O=C(Nc1ncc(C(F)(F)F)cc1Cl)[C@H]1COc2ccccc2O1. The first-order chi connectivity index (χ1) is 11.3. The second-order valence-corrected chi connectivity index (χ2v) is 5.31. The molecule has 0 saturated heterocycles. The Bertz CT molecular complexity index is 783. The van der Waals surface area contributed by atoms with Crippen LogP contribution in [0.2, 0.25) is 5.02 Å². The molecule has 0 fully saturated rings. The zero-order valence-corrected chi connectivity index (χ0v) is 12.7. The predicted octanol–water partition coefficient (Wildman–Crippen LogP) is 3.53. The van der Waals surface area contributed by atoms with Crippen LogP contribution >= 0.6 is 11.6 Å². The maximum atomic E-state index is 12.6. The van der Waals surface area contributed by atoms with E-state index in [4.69, 9.17) is 21.1 Å². The Morgan fingerprint density at radius 2 is 2.00 bits per heavy atom. The Labute approximate surface area is 139 Å². The molecule has 1 aromatic heterocycles. The van der Waals surface area contributed by atoms with Gasteiger partial charge in [-0.3, -0.25) is 4.79 Å². The first-order valence-electron chi connectivity index (χ1n) is 6.76. The van der Waals surface area contributed by atoms with Gasteiger partial charge in [0.1, 0.15) is 6.61 Å². The minimum atomic E-state index is -4.57. The number of carbonyl (C=O) groups excluding carboxylic acids is 1. The van der Waals surface area contributed by atoms with Crippen molar-refractivity contribution in [2.24, 2.45) is 0 Å². The summed E-state index contributed by atoms with van der Waals surface area (Å²) in [6, 6.07) is 7.50. The number of pyridine rings is 1. The van der Waals surface area contributed by atoms with Crippen LogP contribution in [-0.4, -0.2) is 23.6 Å². The van der Waals surface area contributed by atoms with Crippen molar-refractivity contribution < 1.29 is 27.4 Å². The Morgan fingerprint density at radius 3 is 2.67 bits per heavy atom. The van der Waals surface area contributed by atoms with E-state index in [9.17, 15) is 18.0 Å². The van der Waals surface area contributed by atoms with Crippen molar-refractivity contribution in [3.8, 4) is 11.5 Å². The normalized spacial score (nSPS) is 16.6. The van der Waals surface area contributed by atoms with Crippen LogP contribution in [0, 0.1) is 0 Å². The van der Waals surface area contributed by atoms with Gasteiger partial charge in [0.05, 0.1) is 10.6 Å². The number of hydrogen-bond acceptors (Lipinski definition) is 4. The molecule has 24 heavy (non-hydrogen) atoms. The van der Waals surface area contributed by atoms with Crippen molar-refractivity contribution in [3.63, 3.8) is 0 Å². The molecule has 1 aromatic carbocycles. The Balaban J connectivity index is 1.72. The quantitative estimate of drug-likeness (QED) is 0.892. The lowest BCUT2D eigenvalue weighted by Gasteiger charge is -2.25. The molecule has 2 heterocycles. The average molecular weight is 359 g/mol. The van der Waals surface area contributed by atoms with Gasteiger partial charge < -0.3 is 14.8 Å². The smallest absolute Gasteiger partial charge is 0.417 e. The number of amides is 1. The van der Waals surface area contributed by atoms with E-state index in [1.54, 1.807) is 24.3 Å². The summed E-state index contributed by atoms with van der Waals surface area (Å²) in [7, 11) is 0. The van der Waals surface area contributed by atoms with Gasteiger partial charge in [0.15, 0.2) is 17.3 Å². The van der Waals surface area contributed by atoms with Crippen molar-refractivity contribution in [1.29, 1.82) is 0 Å². The standard InChI is InChI=1S/C15H10ClF3N2O3/c16-9-5-8(15(17,18)19)6-20-13(9)21-14(22)12-7-23-10-3-1-2-4-11(10)24-12/h1-6,12H,7H2,(H,20,21,22)/t12-/m1/s1. The van der Waals surface area contributed by atoms with Crippen LogP contribution in [0.4, 0.5) is 19.0 Å². The first-order valence-corrected chi connectivity index (χ1v) is 7.14. The molecule has 0 spiro atoms. The van der Waals surface area contributed by atoms with E-state index >= 15 is 0 Å². The van der Waals surface area contributed by atoms with Gasteiger partial charge in [-0.05, 0) is 18.2 Å². The third kappa shape index (κ3) is 3.38. The lowest BCUT2D eigenvalue weighted by molar-refractivity contribution is -0.137. The molecule has 1 aliphatic rings. The zero-order valence-electron chi connectivity index (χ0n) is 11.9. The summed E-state index contributed by atoms with van der Waals surface area (Å²) in [6.07, 6.45) is -4.95. The van der Waals surface area contributed by atoms with Gasteiger partial charge in [-0.25, -0.2) is 4.98 Å². The molecule has 1 aliphatic heterocycles. The fraction of sp³-hybridized carbons (Fsp3) is 0.200. The van der Waals surface area contributed by atoms with E-state index < -0.39 is 23.8 Å². The zero-order chi connectivity index (χ0) is 17.3. The molecule has 9 heteroatoms. The number of halogens is 4. The number of carbonyl (C=O) groups is 1. The summed E-state index contributed by atoms with van der Waals surface area (Å²) < 4.78 is 48.6. The molecular weight excluding hydrogens is 349 g/mol. The lowest BCUT2D eigenvalue weighted by atomic mass is 10.2. The number of rotatable bonds is 2. The van der Waals surface area contributed by atoms with E-state index in [1.807, 2.05) is 0 Å². The molecule has 3 rings (SSSR count). The van der Waals surface area contributed by atoms with Crippen LogP contribution in [0.1, 0.15) is 5.56 Å². The molecule has 0 saturated carbocycles. The maximum Gasteiger partial charge on any atom is 0.417 e. The first kappa shape index (κ1) is 16.4. The number of hydrogen-bond donors (Lipinski definition) is 1. The second-order valence-electron chi connectivity index (χ2n) is 4.91. The molecule has 126 valence electrons. The van der Waals surface area contributed by atoms with E-state index in [0.29, 0.717) is 23.8 Å². The highest BCUT2D eigenvalue weighted by Gasteiger charge is 2.32. The van der Waals surface area contributed by atoms with Gasteiger partial charge in [-0.1, -0.05) is 23.7 Å². The van der Waals surface area contributed by atoms with Crippen molar-refractivity contribution in [2.45, 2.75) is 12.3 Å². The summed E-state index contributed by atoms with van der Waals surface area (Å²) in [4.78, 5) is 15.7. The Morgan fingerprint density at radius 1 is 1.29 bits per heavy atom. The van der Waals surface area contributed by atoms with Crippen molar-refractivity contribution >= 4 is 23.3 Å². The van der Waals surface area contributed by atoms with E-state index in [0.717, 1.165) is 0 Å². The van der Waals surface area contributed by atoms with E-state index in [-0.39, 0.29) is 17.4 Å². The Hall–Kier alpha value is -2.48. The van der Waals surface area contributed by atoms with Gasteiger partial charge in [0, 0.05) is 6.20 Å².